The summed E-state index contributed by atoms with van der Waals surface area (Å²) in [6, 6.07) is 14.8. The highest BCUT2D eigenvalue weighted by atomic mass is 15.2. The topological polar surface area (TPSA) is 68.6 Å². The van der Waals surface area contributed by atoms with Crippen molar-refractivity contribution in [2.45, 2.75) is 25.2 Å². The minimum absolute atomic E-state index is 0.393. The fourth-order valence-corrected chi connectivity index (χ4v) is 3.62. The van der Waals surface area contributed by atoms with E-state index in [0.717, 1.165) is 54.0 Å². The number of aryl methyl sites for hydroxylation is 1. The smallest absolute Gasteiger partial charge is 0.156 e. The van der Waals surface area contributed by atoms with Gasteiger partial charge in [0.15, 0.2) is 5.82 Å². The quantitative estimate of drug-likeness (QED) is 0.787. The van der Waals surface area contributed by atoms with E-state index in [-0.39, 0.29) is 0 Å². The number of nitrogens with zero attached hydrogens (tertiary/aromatic N) is 4. The van der Waals surface area contributed by atoms with Gasteiger partial charge in [-0.25, -0.2) is 9.97 Å². The van der Waals surface area contributed by atoms with Gasteiger partial charge in [-0.3, -0.25) is 0 Å². The van der Waals surface area contributed by atoms with Crippen molar-refractivity contribution in [1.29, 1.82) is 5.26 Å². The van der Waals surface area contributed by atoms with E-state index in [1.165, 1.54) is 0 Å². The Kier molecular flexibility index (Phi) is 3.46. The van der Waals surface area contributed by atoms with E-state index >= 15 is 0 Å². The summed E-state index contributed by atoms with van der Waals surface area (Å²) in [5.74, 6) is 0.938. The normalized spacial score (nSPS) is 16.9. The molecule has 1 N–H and O–H groups in total. The molecule has 0 spiro atoms. The van der Waals surface area contributed by atoms with Crippen molar-refractivity contribution in [3.05, 3.63) is 54.0 Å². The van der Waals surface area contributed by atoms with E-state index in [1.807, 2.05) is 31.2 Å². The fraction of sp³-hybridized carbons (Fsp3) is 0.316. The molecule has 0 radical (unpaired) electrons. The fourth-order valence-electron chi connectivity index (χ4n) is 3.62. The summed E-state index contributed by atoms with van der Waals surface area (Å²) in [4.78, 5) is 14.4. The van der Waals surface area contributed by atoms with E-state index in [2.05, 4.69) is 38.1 Å². The maximum Gasteiger partial charge on any atom is 0.156 e. The zero-order valence-corrected chi connectivity index (χ0v) is 13.7. The molecule has 120 valence electrons. The summed E-state index contributed by atoms with van der Waals surface area (Å²) in [5, 5.41) is 9.83. The summed E-state index contributed by atoms with van der Waals surface area (Å²) in [6.45, 7) is 3.65. The van der Waals surface area contributed by atoms with Crippen molar-refractivity contribution in [3.63, 3.8) is 0 Å². The molecule has 24 heavy (non-hydrogen) atoms. The van der Waals surface area contributed by atoms with Crippen LogP contribution in [0.25, 0.3) is 11.0 Å². The number of nitrogens with one attached hydrogen (secondary N) is 1. The first-order chi connectivity index (χ1) is 11.7. The van der Waals surface area contributed by atoms with Gasteiger partial charge < -0.3 is 9.88 Å². The number of hydrogen-bond donors (Lipinski definition) is 1. The lowest BCUT2D eigenvalue weighted by molar-refractivity contribution is 0.414. The zero-order chi connectivity index (χ0) is 16.6. The number of piperidine rings is 1. The molecule has 2 aromatic heterocycles. The molecule has 1 fully saturated rings. The van der Waals surface area contributed by atoms with Crippen LogP contribution < -0.4 is 4.90 Å². The molecular weight excluding hydrogens is 298 g/mol. The highest BCUT2D eigenvalue weighted by Crippen LogP contribution is 2.37. The van der Waals surface area contributed by atoms with Crippen molar-refractivity contribution in [3.8, 4) is 6.07 Å². The molecule has 0 atom stereocenters. The van der Waals surface area contributed by atoms with Gasteiger partial charge >= 0.3 is 0 Å². The van der Waals surface area contributed by atoms with Gasteiger partial charge in [-0.1, -0.05) is 30.3 Å². The predicted octanol–water partition coefficient (Wildman–Crippen LogP) is 3.33. The van der Waals surface area contributed by atoms with Gasteiger partial charge in [0.25, 0.3) is 0 Å². The summed E-state index contributed by atoms with van der Waals surface area (Å²) in [7, 11) is 0. The zero-order valence-electron chi connectivity index (χ0n) is 13.7. The van der Waals surface area contributed by atoms with E-state index in [1.54, 1.807) is 6.33 Å². The maximum atomic E-state index is 9.83. The van der Waals surface area contributed by atoms with Crippen LogP contribution in [-0.2, 0) is 5.41 Å². The number of anilines is 1. The molecule has 0 amide bonds. The second kappa shape index (κ2) is 5.64. The number of aromatic nitrogens is 3. The number of H-pyrrole nitrogens is 1. The minimum atomic E-state index is -0.393. The Morgan fingerprint density at radius 3 is 2.62 bits per heavy atom. The van der Waals surface area contributed by atoms with Crippen molar-refractivity contribution >= 4 is 16.9 Å². The molecule has 0 bridgehead atoms. The standard InChI is InChI=1S/C19H19N5/c1-14-11-16-17(23-14)18(22-13-21-16)24-9-7-19(12-20,8-10-24)15-5-3-2-4-6-15/h2-6,11,13,23H,7-10H2,1H3. The van der Waals surface area contributed by atoms with Crippen LogP contribution in [0.1, 0.15) is 24.1 Å². The lowest BCUT2D eigenvalue weighted by atomic mass is 9.74. The second-order valence-electron chi connectivity index (χ2n) is 6.46. The number of benzene rings is 1. The maximum absolute atomic E-state index is 9.83. The summed E-state index contributed by atoms with van der Waals surface area (Å²) in [6.07, 6.45) is 3.23. The summed E-state index contributed by atoms with van der Waals surface area (Å²) < 4.78 is 0. The third-order valence-corrected chi connectivity index (χ3v) is 4.99. The van der Waals surface area contributed by atoms with Crippen LogP contribution in [0.5, 0.6) is 0 Å². The Morgan fingerprint density at radius 1 is 1.17 bits per heavy atom. The number of nitriles is 1. The Hall–Kier alpha value is -2.87. The Bertz CT molecular complexity index is 898. The van der Waals surface area contributed by atoms with Crippen molar-refractivity contribution in [2.24, 2.45) is 0 Å². The number of rotatable bonds is 2. The molecule has 5 nitrogen and oxygen atoms in total. The molecule has 5 heteroatoms. The lowest BCUT2D eigenvalue weighted by Gasteiger charge is -2.38. The molecule has 4 rings (SSSR count). The van der Waals surface area contributed by atoms with E-state index < -0.39 is 5.41 Å². The van der Waals surface area contributed by atoms with Gasteiger partial charge in [0.2, 0.25) is 0 Å². The van der Waals surface area contributed by atoms with Gasteiger partial charge in [0, 0.05) is 18.8 Å². The third-order valence-electron chi connectivity index (χ3n) is 4.99. The minimum Gasteiger partial charge on any atom is -0.355 e. The molecule has 0 unspecified atom stereocenters. The number of fused-ring (bicyclic) bond motifs is 1. The van der Waals surface area contributed by atoms with Gasteiger partial charge in [-0.2, -0.15) is 5.26 Å². The molecule has 1 aliphatic rings. The lowest BCUT2D eigenvalue weighted by Crippen LogP contribution is -2.42. The second-order valence-corrected chi connectivity index (χ2v) is 6.46. The Balaban J connectivity index is 1.63. The molecule has 3 aromatic rings. The average molecular weight is 317 g/mol. The number of aromatic amines is 1. The van der Waals surface area contributed by atoms with Crippen LogP contribution in [0.4, 0.5) is 5.82 Å². The van der Waals surface area contributed by atoms with Crippen LogP contribution in [-0.4, -0.2) is 28.0 Å². The van der Waals surface area contributed by atoms with Crippen LogP contribution in [0, 0.1) is 18.3 Å². The van der Waals surface area contributed by atoms with Crippen LogP contribution in [0.2, 0.25) is 0 Å². The van der Waals surface area contributed by atoms with Crippen molar-refractivity contribution in [2.75, 3.05) is 18.0 Å². The van der Waals surface area contributed by atoms with E-state index in [9.17, 15) is 5.26 Å². The SMILES string of the molecule is Cc1cc2ncnc(N3CCC(C#N)(c4ccccc4)CC3)c2[nH]1. The van der Waals surface area contributed by atoms with Gasteiger partial charge in [0.1, 0.15) is 11.8 Å². The molecule has 1 aromatic carbocycles. The largest absolute Gasteiger partial charge is 0.355 e. The first-order valence-electron chi connectivity index (χ1n) is 8.24. The van der Waals surface area contributed by atoms with E-state index in [4.69, 9.17) is 0 Å². The van der Waals surface area contributed by atoms with Gasteiger partial charge in [0.05, 0.1) is 17.0 Å². The Morgan fingerprint density at radius 2 is 1.92 bits per heavy atom. The molecule has 0 saturated carbocycles. The Labute approximate surface area is 141 Å². The van der Waals surface area contributed by atoms with Crippen LogP contribution in [0.3, 0.4) is 0 Å². The van der Waals surface area contributed by atoms with Gasteiger partial charge in [-0.15, -0.1) is 0 Å². The number of hydrogen-bond acceptors (Lipinski definition) is 4. The third kappa shape index (κ3) is 2.31. The van der Waals surface area contributed by atoms with Crippen LogP contribution >= 0.6 is 0 Å². The molecule has 1 saturated heterocycles. The highest BCUT2D eigenvalue weighted by molar-refractivity contribution is 5.86. The summed E-state index contributed by atoms with van der Waals surface area (Å²) in [5.41, 5.74) is 3.74. The molecule has 3 heterocycles. The first kappa shape index (κ1) is 14.7. The monoisotopic (exact) mass is 317 g/mol. The summed E-state index contributed by atoms with van der Waals surface area (Å²) >= 11 is 0. The van der Waals surface area contributed by atoms with Crippen molar-refractivity contribution in [1.82, 2.24) is 15.0 Å². The average Bonchev–Trinajstić information content (AvgIpc) is 3.03. The van der Waals surface area contributed by atoms with Crippen molar-refractivity contribution < 1.29 is 0 Å². The molecule has 1 aliphatic heterocycles. The first-order valence-corrected chi connectivity index (χ1v) is 8.24. The molecule has 0 aliphatic carbocycles. The highest BCUT2D eigenvalue weighted by Gasteiger charge is 2.37. The van der Waals surface area contributed by atoms with Gasteiger partial charge in [-0.05, 0) is 31.4 Å². The predicted molar refractivity (Wildman–Crippen MR) is 93.8 cm³/mol. The van der Waals surface area contributed by atoms with Crippen LogP contribution in [0.15, 0.2) is 42.7 Å². The molecular formula is C19H19N5. The van der Waals surface area contributed by atoms with E-state index in [0.29, 0.717) is 0 Å².